The van der Waals surface area contributed by atoms with Gasteiger partial charge in [0.25, 0.3) is 0 Å². The minimum atomic E-state index is -4.43. The van der Waals surface area contributed by atoms with E-state index in [0.29, 0.717) is 47.9 Å². The first-order valence-corrected chi connectivity index (χ1v) is 11.4. The van der Waals surface area contributed by atoms with Crippen LogP contribution in [0.25, 0.3) is 16.8 Å². The fourth-order valence-electron chi connectivity index (χ4n) is 4.27. The quantitative estimate of drug-likeness (QED) is 0.451. The van der Waals surface area contributed by atoms with Crippen molar-refractivity contribution in [2.45, 2.75) is 31.7 Å². The molecule has 0 radical (unpaired) electrons. The van der Waals surface area contributed by atoms with E-state index in [9.17, 15) is 23.1 Å². The average Bonchev–Trinajstić information content (AvgIpc) is 3.14. The van der Waals surface area contributed by atoms with Crippen LogP contribution in [0.2, 0.25) is 5.02 Å². The number of anilines is 1. The van der Waals surface area contributed by atoms with E-state index >= 15 is 0 Å². The number of hydrogen-bond acceptors (Lipinski definition) is 5. The standard InChI is InChI=1S/C24H21ClF3N5O2/c25-18-7-3-16(4-8-18)20-13-29-33-22(21(20)31-11-9-19(34)10-12-31)30-32(23(33)35)14-15-1-5-17(6-2-15)24(26,27)28/h1-8,13,19,34H,9-12,14H2. The maximum atomic E-state index is 13.1. The number of nitrogens with zero attached hydrogens (tertiary/aromatic N) is 5. The Bertz CT molecular complexity index is 1410. The van der Waals surface area contributed by atoms with E-state index in [2.05, 4.69) is 15.1 Å². The number of halogens is 4. The Morgan fingerprint density at radius 1 is 1.03 bits per heavy atom. The van der Waals surface area contributed by atoms with Crippen LogP contribution < -0.4 is 10.6 Å². The summed E-state index contributed by atoms with van der Waals surface area (Å²) in [7, 11) is 0. The zero-order valence-corrected chi connectivity index (χ0v) is 19.2. The van der Waals surface area contributed by atoms with Crippen LogP contribution in [0.1, 0.15) is 24.0 Å². The third-order valence-corrected chi connectivity index (χ3v) is 6.39. The molecule has 0 amide bonds. The molecule has 11 heteroatoms. The van der Waals surface area contributed by atoms with Gasteiger partial charge in [-0.2, -0.15) is 22.8 Å². The lowest BCUT2D eigenvalue weighted by Crippen LogP contribution is -2.36. The molecule has 7 nitrogen and oxygen atoms in total. The fourth-order valence-corrected chi connectivity index (χ4v) is 4.39. The lowest BCUT2D eigenvalue weighted by molar-refractivity contribution is -0.137. The maximum absolute atomic E-state index is 13.1. The predicted octanol–water partition coefficient (Wildman–Crippen LogP) is 4.24. The van der Waals surface area contributed by atoms with Crippen molar-refractivity contribution in [2.75, 3.05) is 18.0 Å². The number of alkyl halides is 3. The van der Waals surface area contributed by atoms with Crippen molar-refractivity contribution in [1.82, 2.24) is 19.4 Å². The molecule has 182 valence electrons. The molecule has 35 heavy (non-hydrogen) atoms. The highest BCUT2D eigenvalue weighted by atomic mass is 35.5. The Morgan fingerprint density at radius 2 is 1.69 bits per heavy atom. The molecule has 1 fully saturated rings. The van der Waals surface area contributed by atoms with Gasteiger partial charge in [0.2, 0.25) is 5.65 Å². The molecule has 2 aromatic carbocycles. The van der Waals surface area contributed by atoms with Gasteiger partial charge in [0.05, 0.1) is 30.1 Å². The van der Waals surface area contributed by atoms with E-state index in [4.69, 9.17) is 11.6 Å². The number of aliphatic hydroxyl groups is 1. The summed E-state index contributed by atoms with van der Waals surface area (Å²) in [6.45, 7) is 1.14. The second-order valence-electron chi connectivity index (χ2n) is 8.50. The molecule has 0 atom stereocenters. The molecule has 1 aliphatic heterocycles. The summed E-state index contributed by atoms with van der Waals surface area (Å²) >= 11 is 6.06. The van der Waals surface area contributed by atoms with E-state index in [-0.39, 0.29) is 12.6 Å². The number of aliphatic hydroxyl groups excluding tert-OH is 1. The van der Waals surface area contributed by atoms with Crippen LogP contribution in [0.4, 0.5) is 18.9 Å². The van der Waals surface area contributed by atoms with Gasteiger partial charge in [-0.25, -0.2) is 9.48 Å². The van der Waals surface area contributed by atoms with Crippen LogP contribution >= 0.6 is 11.6 Å². The minimum absolute atomic E-state index is 0.00520. The first kappa shape index (κ1) is 23.4. The number of piperidine rings is 1. The molecule has 3 heterocycles. The summed E-state index contributed by atoms with van der Waals surface area (Å²) in [4.78, 5) is 15.2. The molecule has 0 saturated carbocycles. The number of aromatic nitrogens is 4. The first-order chi connectivity index (χ1) is 16.7. The molecule has 4 aromatic rings. The average molecular weight is 504 g/mol. The van der Waals surface area contributed by atoms with Gasteiger partial charge in [0.1, 0.15) is 0 Å². The number of hydrogen-bond donors (Lipinski definition) is 1. The minimum Gasteiger partial charge on any atom is -0.393 e. The summed E-state index contributed by atoms with van der Waals surface area (Å²) in [5.41, 5.74) is 1.90. The third-order valence-electron chi connectivity index (χ3n) is 6.14. The number of benzene rings is 2. The summed E-state index contributed by atoms with van der Waals surface area (Å²) in [5, 5.41) is 19.4. The summed E-state index contributed by atoms with van der Waals surface area (Å²) in [5.74, 6) is 0. The van der Waals surface area contributed by atoms with Crippen molar-refractivity contribution in [1.29, 1.82) is 0 Å². The van der Waals surface area contributed by atoms with Crippen molar-refractivity contribution in [3.05, 3.63) is 81.4 Å². The summed E-state index contributed by atoms with van der Waals surface area (Å²) in [6, 6.07) is 11.9. The predicted molar refractivity (Wildman–Crippen MR) is 126 cm³/mol. The van der Waals surface area contributed by atoms with E-state index in [1.807, 2.05) is 12.1 Å². The highest BCUT2D eigenvalue weighted by Crippen LogP contribution is 2.35. The molecule has 0 bridgehead atoms. The van der Waals surface area contributed by atoms with Gasteiger partial charge in [-0.1, -0.05) is 35.9 Å². The van der Waals surface area contributed by atoms with Crippen LogP contribution in [0.3, 0.4) is 0 Å². The smallest absolute Gasteiger partial charge is 0.393 e. The monoisotopic (exact) mass is 503 g/mol. The molecule has 0 unspecified atom stereocenters. The largest absolute Gasteiger partial charge is 0.416 e. The zero-order valence-electron chi connectivity index (χ0n) is 18.4. The van der Waals surface area contributed by atoms with Crippen molar-refractivity contribution < 1.29 is 18.3 Å². The summed E-state index contributed by atoms with van der Waals surface area (Å²) in [6.07, 6.45) is -2.07. The lowest BCUT2D eigenvalue weighted by Gasteiger charge is -2.32. The van der Waals surface area contributed by atoms with Gasteiger partial charge in [-0.3, -0.25) is 0 Å². The van der Waals surface area contributed by atoms with E-state index < -0.39 is 17.4 Å². The zero-order chi connectivity index (χ0) is 24.7. The van der Waals surface area contributed by atoms with Crippen LogP contribution in [0.15, 0.2) is 59.5 Å². The maximum Gasteiger partial charge on any atom is 0.416 e. The normalized spacial score (nSPS) is 15.2. The van der Waals surface area contributed by atoms with Gasteiger partial charge < -0.3 is 10.0 Å². The van der Waals surface area contributed by atoms with Crippen LogP contribution in [0, 0.1) is 0 Å². The van der Waals surface area contributed by atoms with Gasteiger partial charge in [0.15, 0.2) is 0 Å². The highest BCUT2D eigenvalue weighted by Gasteiger charge is 2.30. The van der Waals surface area contributed by atoms with Crippen molar-refractivity contribution in [3.63, 3.8) is 0 Å². The third kappa shape index (κ3) is 4.63. The second-order valence-corrected chi connectivity index (χ2v) is 8.94. The number of fused-ring (bicyclic) bond motifs is 1. The van der Waals surface area contributed by atoms with Gasteiger partial charge >= 0.3 is 11.9 Å². The Kier molecular flexibility index (Phi) is 6.02. The van der Waals surface area contributed by atoms with Crippen LogP contribution in [-0.4, -0.2) is 43.7 Å². The molecule has 1 aliphatic rings. The SMILES string of the molecule is O=c1n(Cc2ccc(C(F)(F)F)cc2)nc2c(N3CCC(O)CC3)c(-c3ccc(Cl)cc3)cnn12. The molecular weight excluding hydrogens is 483 g/mol. The van der Waals surface area contributed by atoms with E-state index in [1.54, 1.807) is 18.3 Å². The van der Waals surface area contributed by atoms with Crippen molar-refractivity contribution >= 4 is 22.9 Å². The van der Waals surface area contributed by atoms with E-state index in [0.717, 1.165) is 23.3 Å². The number of rotatable bonds is 4. The van der Waals surface area contributed by atoms with Crippen molar-refractivity contribution in [3.8, 4) is 11.1 Å². The van der Waals surface area contributed by atoms with Gasteiger partial charge in [-0.05, 0) is 48.2 Å². The van der Waals surface area contributed by atoms with Crippen LogP contribution in [0.5, 0.6) is 0 Å². The Hall–Kier alpha value is -3.37. The van der Waals surface area contributed by atoms with Crippen molar-refractivity contribution in [2.24, 2.45) is 0 Å². The fraction of sp³-hybridized carbons (Fsp3) is 0.292. The van der Waals surface area contributed by atoms with Crippen LogP contribution in [-0.2, 0) is 12.7 Å². The van der Waals surface area contributed by atoms with Gasteiger partial charge in [0, 0.05) is 23.7 Å². The lowest BCUT2D eigenvalue weighted by atomic mass is 10.0. The van der Waals surface area contributed by atoms with Gasteiger partial charge in [-0.15, -0.1) is 5.10 Å². The molecular formula is C24H21ClF3N5O2. The molecule has 1 saturated heterocycles. The molecule has 1 N–H and O–H groups in total. The Balaban J connectivity index is 1.59. The first-order valence-electron chi connectivity index (χ1n) is 11.0. The topological polar surface area (TPSA) is 75.7 Å². The molecule has 0 spiro atoms. The molecule has 2 aromatic heterocycles. The molecule has 0 aliphatic carbocycles. The Labute approximate surface area is 203 Å². The Morgan fingerprint density at radius 3 is 2.31 bits per heavy atom. The second kappa shape index (κ2) is 9.01. The molecule has 5 rings (SSSR count). The summed E-state index contributed by atoms with van der Waals surface area (Å²) < 4.78 is 41.1. The van der Waals surface area contributed by atoms with E-state index in [1.165, 1.54) is 21.3 Å². The highest BCUT2D eigenvalue weighted by molar-refractivity contribution is 6.30.